The zero-order valence-electron chi connectivity index (χ0n) is 11.0. The van der Waals surface area contributed by atoms with Crippen molar-refractivity contribution in [2.45, 2.75) is 26.4 Å². The van der Waals surface area contributed by atoms with Crippen LogP contribution >= 0.6 is 11.7 Å². The molecule has 1 aliphatic heterocycles. The summed E-state index contributed by atoms with van der Waals surface area (Å²) in [5.74, 6) is 1.59. The second-order valence-corrected chi connectivity index (χ2v) is 5.33. The molecular weight excluding hydrogens is 258 g/mol. The average molecular weight is 275 g/mol. The highest BCUT2D eigenvalue weighted by Crippen LogP contribution is 2.29. The Morgan fingerprint density at radius 3 is 2.79 bits per heavy atom. The van der Waals surface area contributed by atoms with Crippen molar-refractivity contribution in [1.29, 1.82) is 0 Å². The maximum Gasteiger partial charge on any atom is 0.271 e. The zero-order valence-corrected chi connectivity index (χ0v) is 11.8. The minimum absolute atomic E-state index is 0.554. The summed E-state index contributed by atoms with van der Waals surface area (Å²) in [5, 5.41) is 0. The van der Waals surface area contributed by atoms with Crippen molar-refractivity contribution in [3.05, 3.63) is 35.4 Å². The van der Waals surface area contributed by atoms with Crippen molar-refractivity contribution < 1.29 is 4.74 Å². The van der Waals surface area contributed by atoms with E-state index in [-0.39, 0.29) is 0 Å². The second kappa shape index (κ2) is 5.57. The smallest absolute Gasteiger partial charge is 0.271 e. The lowest BCUT2D eigenvalue weighted by atomic mass is 10.1. The first-order valence-electron chi connectivity index (χ1n) is 6.59. The fraction of sp³-hybridized carbons (Fsp3) is 0.429. The average Bonchev–Trinajstić information content (AvgIpc) is 3.08. The second-order valence-electron chi connectivity index (χ2n) is 4.80. The third-order valence-corrected chi connectivity index (χ3v) is 3.98. The van der Waals surface area contributed by atoms with Crippen molar-refractivity contribution in [2.75, 3.05) is 18.0 Å². The minimum atomic E-state index is 0.554. The van der Waals surface area contributed by atoms with Crippen molar-refractivity contribution in [1.82, 2.24) is 8.75 Å². The van der Waals surface area contributed by atoms with Crippen molar-refractivity contribution in [3.8, 4) is 5.88 Å². The number of aromatic nitrogens is 2. The molecule has 100 valence electrons. The van der Waals surface area contributed by atoms with E-state index in [0.717, 1.165) is 18.9 Å². The van der Waals surface area contributed by atoms with Crippen LogP contribution in [0.25, 0.3) is 0 Å². The molecule has 0 spiro atoms. The number of hydrogen-bond donors (Lipinski definition) is 0. The highest BCUT2D eigenvalue weighted by Gasteiger charge is 2.20. The summed E-state index contributed by atoms with van der Waals surface area (Å²) >= 11 is 1.23. The van der Waals surface area contributed by atoms with E-state index in [4.69, 9.17) is 4.74 Å². The van der Waals surface area contributed by atoms with Crippen LogP contribution in [0.2, 0.25) is 0 Å². The first-order valence-corrected chi connectivity index (χ1v) is 7.32. The van der Waals surface area contributed by atoms with Gasteiger partial charge in [0.2, 0.25) is 5.82 Å². The molecule has 1 fully saturated rings. The Bertz CT molecular complexity index is 549. The lowest BCUT2D eigenvalue weighted by Gasteiger charge is -2.15. The molecule has 2 heterocycles. The van der Waals surface area contributed by atoms with Gasteiger partial charge in [-0.2, -0.15) is 4.37 Å². The van der Waals surface area contributed by atoms with Crippen LogP contribution in [0, 0.1) is 6.92 Å². The van der Waals surface area contributed by atoms with Gasteiger partial charge in [0.15, 0.2) is 0 Å². The van der Waals surface area contributed by atoms with Gasteiger partial charge in [-0.3, -0.25) is 0 Å². The van der Waals surface area contributed by atoms with Crippen LogP contribution in [0.3, 0.4) is 0 Å². The quantitative estimate of drug-likeness (QED) is 0.859. The van der Waals surface area contributed by atoms with E-state index in [0.29, 0.717) is 12.5 Å². The summed E-state index contributed by atoms with van der Waals surface area (Å²) < 4.78 is 14.5. The molecule has 1 saturated heterocycles. The van der Waals surface area contributed by atoms with Gasteiger partial charge in [0.1, 0.15) is 6.61 Å². The van der Waals surface area contributed by atoms with E-state index in [1.54, 1.807) is 0 Å². The molecule has 2 aromatic rings. The van der Waals surface area contributed by atoms with Crippen LogP contribution < -0.4 is 9.64 Å². The van der Waals surface area contributed by atoms with Gasteiger partial charge in [0.25, 0.3) is 5.88 Å². The molecule has 1 aromatic heterocycles. The van der Waals surface area contributed by atoms with E-state index in [1.165, 1.54) is 35.7 Å². The van der Waals surface area contributed by atoms with Gasteiger partial charge in [-0.1, -0.05) is 24.3 Å². The molecule has 1 aliphatic rings. The maximum atomic E-state index is 5.85. The topological polar surface area (TPSA) is 38.3 Å². The lowest BCUT2D eigenvalue weighted by molar-refractivity contribution is 0.296. The molecule has 4 nitrogen and oxygen atoms in total. The molecule has 19 heavy (non-hydrogen) atoms. The molecule has 0 aliphatic carbocycles. The molecule has 0 bridgehead atoms. The zero-order chi connectivity index (χ0) is 13.1. The lowest BCUT2D eigenvalue weighted by Crippen LogP contribution is -2.18. The Balaban J connectivity index is 1.70. The monoisotopic (exact) mass is 275 g/mol. The molecule has 5 heteroatoms. The minimum Gasteiger partial charge on any atom is -0.470 e. The first-order chi connectivity index (χ1) is 9.34. The number of anilines is 1. The highest BCUT2D eigenvalue weighted by atomic mass is 32.1. The van der Waals surface area contributed by atoms with Crippen LogP contribution in [-0.4, -0.2) is 21.8 Å². The van der Waals surface area contributed by atoms with Gasteiger partial charge in [-0.25, -0.2) is 0 Å². The molecule has 0 atom stereocenters. The Morgan fingerprint density at radius 1 is 1.21 bits per heavy atom. The Morgan fingerprint density at radius 2 is 2.00 bits per heavy atom. The summed E-state index contributed by atoms with van der Waals surface area (Å²) in [4.78, 5) is 2.26. The van der Waals surface area contributed by atoms with Gasteiger partial charge in [-0.15, -0.1) is 4.37 Å². The van der Waals surface area contributed by atoms with Crippen LogP contribution in [0.15, 0.2) is 24.3 Å². The van der Waals surface area contributed by atoms with Gasteiger partial charge in [-0.05, 0) is 30.9 Å². The standard InChI is InChI=1S/C14H17N3OS/c1-11-6-2-3-7-12(11)10-18-14-13(15-19-16-14)17-8-4-5-9-17/h2-3,6-7H,4-5,8-10H2,1H3. The molecule has 0 amide bonds. The Kier molecular flexibility index (Phi) is 3.64. The van der Waals surface area contributed by atoms with Crippen LogP contribution in [0.4, 0.5) is 5.82 Å². The van der Waals surface area contributed by atoms with Crippen molar-refractivity contribution >= 4 is 17.5 Å². The molecule has 0 unspecified atom stereocenters. The Labute approximate surface area is 117 Å². The number of aryl methyl sites for hydroxylation is 1. The normalized spacial score (nSPS) is 14.9. The van der Waals surface area contributed by atoms with E-state index in [1.807, 2.05) is 12.1 Å². The number of rotatable bonds is 4. The van der Waals surface area contributed by atoms with Crippen molar-refractivity contribution in [3.63, 3.8) is 0 Å². The summed E-state index contributed by atoms with van der Waals surface area (Å²) in [6, 6.07) is 8.26. The van der Waals surface area contributed by atoms with E-state index < -0.39 is 0 Å². The summed E-state index contributed by atoms with van der Waals surface area (Å²) in [6.07, 6.45) is 2.46. The van der Waals surface area contributed by atoms with Gasteiger partial charge >= 0.3 is 0 Å². The number of ether oxygens (including phenoxy) is 1. The predicted molar refractivity (Wildman–Crippen MR) is 76.9 cm³/mol. The Hall–Kier alpha value is -1.62. The van der Waals surface area contributed by atoms with E-state index in [2.05, 4.69) is 32.7 Å². The van der Waals surface area contributed by atoms with Crippen LogP contribution in [0.1, 0.15) is 24.0 Å². The summed E-state index contributed by atoms with van der Waals surface area (Å²) in [7, 11) is 0. The number of benzene rings is 1. The molecule has 0 saturated carbocycles. The number of nitrogens with zero attached hydrogens (tertiary/aromatic N) is 3. The van der Waals surface area contributed by atoms with Crippen LogP contribution in [0.5, 0.6) is 5.88 Å². The third-order valence-electron chi connectivity index (χ3n) is 3.47. The highest BCUT2D eigenvalue weighted by molar-refractivity contribution is 6.99. The number of hydrogen-bond acceptors (Lipinski definition) is 5. The van der Waals surface area contributed by atoms with Crippen LogP contribution in [-0.2, 0) is 6.61 Å². The molecule has 3 rings (SSSR count). The third kappa shape index (κ3) is 2.71. The maximum absolute atomic E-state index is 5.85. The van der Waals surface area contributed by atoms with E-state index >= 15 is 0 Å². The largest absolute Gasteiger partial charge is 0.470 e. The van der Waals surface area contributed by atoms with Gasteiger partial charge < -0.3 is 9.64 Å². The fourth-order valence-corrected chi connectivity index (χ4v) is 2.83. The van der Waals surface area contributed by atoms with Gasteiger partial charge in [0, 0.05) is 13.1 Å². The fourth-order valence-electron chi connectivity index (χ4n) is 2.31. The van der Waals surface area contributed by atoms with Crippen molar-refractivity contribution in [2.24, 2.45) is 0 Å². The molecule has 1 aromatic carbocycles. The predicted octanol–water partition coefficient (Wildman–Crippen LogP) is 3.03. The summed E-state index contributed by atoms with van der Waals surface area (Å²) in [6.45, 7) is 4.77. The van der Waals surface area contributed by atoms with Gasteiger partial charge in [0.05, 0.1) is 11.7 Å². The summed E-state index contributed by atoms with van der Waals surface area (Å²) in [5.41, 5.74) is 2.44. The molecular formula is C14H17N3OS. The molecule has 0 N–H and O–H groups in total. The SMILES string of the molecule is Cc1ccccc1COc1nsnc1N1CCCC1. The molecule has 0 radical (unpaired) electrons. The van der Waals surface area contributed by atoms with E-state index in [9.17, 15) is 0 Å². The first kappa shape index (κ1) is 12.4.